The molecule has 0 radical (unpaired) electrons. The van der Waals surface area contributed by atoms with Gasteiger partial charge in [-0.05, 0) is 72.3 Å². The van der Waals surface area contributed by atoms with E-state index in [9.17, 15) is 9.90 Å². The van der Waals surface area contributed by atoms with Crippen LogP contribution in [0.15, 0.2) is 54.9 Å². The first kappa shape index (κ1) is 21.8. The molecular formula is C26H29N3O3. The molecule has 1 atom stereocenters. The molecule has 3 N–H and O–H groups in total. The summed E-state index contributed by atoms with van der Waals surface area (Å²) in [6.45, 7) is 6.42. The Hall–Kier alpha value is -3.38. The average molecular weight is 432 g/mol. The van der Waals surface area contributed by atoms with Gasteiger partial charge < -0.3 is 20.5 Å². The van der Waals surface area contributed by atoms with Crippen molar-refractivity contribution in [1.82, 2.24) is 10.3 Å². The molecule has 1 aromatic heterocycles. The minimum atomic E-state index is -0.960. The first-order valence-corrected chi connectivity index (χ1v) is 11.1. The van der Waals surface area contributed by atoms with Gasteiger partial charge in [0.1, 0.15) is 5.75 Å². The van der Waals surface area contributed by atoms with Crippen LogP contribution in [0.25, 0.3) is 11.1 Å². The van der Waals surface area contributed by atoms with Crippen LogP contribution in [0.4, 0.5) is 5.69 Å². The van der Waals surface area contributed by atoms with Gasteiger partial charge in [0.15, 0.2) is 0 Å². The second-order valence-corrected chi connectivity index (χ2v) is 8.10. The van der Waals surface area contributed by atoms with Crippen LogP contribution in [0, 0.1) is 6.92 Å². The van der Waals surface area contributed by atoms with Crippen LogP contribution in [-0.2, 0) is 6.42 Å². The second kappa shape index (κ2) is 9.83. The molecule has 0 fully saturated rings. The number of pyridine rings is 1. The molecular weight excluding hydrogens is 402 g/mol. The van der Waals surface area contributed by atoms with E-state index in [2.05, 4.69) is 59.8 Å². The highest BCUT2D eigenvalue weighted by Crippen LogP contribution is 2.32. The number of aromatic carboxylic acids is 1. The van der Waals surface area contributed by atoms with Crippen molar-refractivity contribution in [2.24, 2.45) is 0 Å². The number of carboxylic acids is 1. The van der Waals surface area contributed by atoms with Crippen molar-refractivity contribution in [2.75, 3.05) is 25.0 Å². The number of anilines is 1. The Morgan fingerprint density at radius 1 is 1.25 bits per heavy atom. The van der Waals surface area contributed by atoms with Gasteiger partial charge in [0.25, 0.3) is 0 Å². The Kier molecular flexibility index (Phi) is 6.71. The molecule has 0 aliphatic carbocycles. The van der Waals surface area contributed by atoms with Crippen LogP contribution < -0.4 is 15.4 Å². The van der Waals surface area contributed by atoms with Gasteiger partial charge in [0.2, 0.25) is 0 Å². The minimum Gasteiger partial charge on any atom is -0.494 e. The van der Waals surface area contributed by atoms with Gasteiger partial charge in [0, 0.05) is 18.8 Å². The number of benzene rings is 2. The Morgan fingerprint density at radius 2 is 2.12 bits per heavy atom. The van der Waals surface area contributed by atoms with Gasteiger partial charge >= 0.3 is 5.97 Å². The summed E-state index contributed by atoms with van der Waals surface area (Å²) >= 11 is 0. The molecule has 0 amide bonds. The zero-order valence-corrected chi connectivity index (χ0v) is 18.5. The third-order valence-electron chi connectivity index (χ3n) is 5.83. The molecule has 6 nitrogen and oxygen atoms in total. The summed E-state index contributed by atoms with van der Waals surface area (Å²) in [5, 5.41) is 16.2. The number of rotatable bonds is 8. The Labute approximate surface area is 188 Å². The Bertz CT molecular complexity index is 1110. The van der Waals surface area contributed by atoms with E-state index in [1.54, 1.807) is 6.20 Å². The number of hydrogen-bond donors (Lipinski definition) is 3. The van der Waals surface area contributed by atoms with E-state index in [0.29, 0.717) is 12.2 Å². The summed E-state index contributed by atoms with van der Waals surface area (Å²) in [6.07, 6.45) is 5.01. The number of carbonyl (C=O) groups is 1. The van der Waals surface area contributed by atoms with Crippen molar-refractivity contribution in [3.63, 3.8) is 0 Å². The SMILES string of the molecule is CCCOc1ccc(-c2ccc3c(c2)CCNC3CNc2cnccc2C(=O)O)c(C)c1. The van der Waals surface area contributed by atoms with E-state index in [1.165, 1.54) is 40.1 Å². The molecule has 2 heterocycles. The minimum absolute atomic E-state index is 0.0977. The summed E-state index contributed by atoms with van der Waals surface area (Å²) in [7, 11) is 0. The lowest BCUT2D eigenvalue weighted by atomic mass is 9.89. The third kappa shape index (κ3) is 4.75. The van der Waals surface area contributed by atoms with Crippen LogP contribution in [0.5, 0.6) is 5.75 Å². The maximum Gasteiger partial charge on any atom is 0.337 e. The number of aromatic nitrogens is 1. The molecule has 0 spiro atoms. The van der Waals surface area contributed by atoms with Crippen molar-refractivity contribution in [3.05, 3.63) is 77.1 Å². The molecule has 0 bridgehead atoms. The largest absolute Gasteiger partial charge is 0.494 e. The summed E-state index contributed by atoms with van der Waals surface area (Å²) in [4.78, 5) is 15.5. The molecule has 6 heteroatoms. The number of nitrogens with zero attached hydrogens (tertiary/aromatic N) is 1. The number of aryl methyl sites for hydroxylation is 1. The zero-order chi connectivity index (χ0) is 22.5. The lowest BCUT2D eigenvalue weighted by molar-refractivity contribution is 0.0697. The lowest BCUT2D eigenvalue weighted by Crippen LogP contribution is -2.34. The normalized spacial score (nSPS) is 15.1. The fourth-order valence-electron chi connectivity index (χ4n) is 4.21. The molecule has 1 aliphatic heterocycles. The molecule has 166 valence electrons. The fraction of sp³-hybridized carbons (Fsp3) is 0.308. The lowest BCUT2D eigenvalue weighted by Gasteiger charge is -2.28. The van der Waals surface area contributed by atoms with E-state index >= 15 is 0 Å². The van der Waals surface area contributed by atoms with E-state index in [4.69, 9.17) is 4.74 Å². The second-order valence-electron chi connectivity index (χ2n) is 8.10. The van der Waals surface area contributed by atoms with Crippen molar-refractivity contribution < 1.29 is 14.6 Å². The van der Waals surface area contributed by atoms with Gasteiger partial charge in [-0.15, -0.1) is 0 Å². The van der Waals surface area contributed by atoms with Crippen LogP contribution in [0.2, 0.25) is 0 Å². The van der Waals surface area contributed by atoms with Gasteiger partial charge in [-0.25, -0.2) is 4.79 Å². The van der Waals surface area contributed by atoms with Crippen LogP contribution in [0.3, 0.4) is 0 Å². The number of hydrogen-bond acceptors (Lipinski definition) is 5. The predicted octanol–water partition coefficient (Wildman–Crippen LogP) is 4.84. The van der Waals surface area contributed by atoms with Crippen LogP contribution in [0.1, 0.15) is 46.4 Å². The van der Waals surface area contributed by atoms with E-state index < -0.39 is 5.97 Å². The number of fused-ring (bicyclic) bond motifs is 1. The first-order valence-electron chi connectivity index (χ1n) is 11.1. The maximum absolute atomic E-state index is 11.5. The molecule has 1 aliphatic rings. The monoisotopic (exact) mass is 431 g/mol. The van der Waals surface area contributed by atoms with E-state index in [-0.39, 0.29) is 11.6 Å². The van der Waals surface area contributed by atoms with Crippen molar-refractivity contribution in [1.29, 1.82) is 0 Å². The number of carboxylic acid groups (broad SMARTS) is 1. The highest BCUT2D eigenvalue weighted by Gasteiger charge is 2.21. The van der Waals surface area contributed by atoms with Gasteiger partial charge in [-0.1, -0.05) is 31.2 Å². The number of ether oxygens (including phenoxy) is 1. The van der Waals surface area contributed by atoms with E-state index in [0.717, 1.165) is 31.7 Å². The summed E-state index contributed by atoms with van der Waals surface area (Å²) in [6, 6.07) is 14.5. The molecule has 32 heavy (non-hydrogen) atoms. The predicted molar refractivity (Wildman–Crippen MR) is 127 cm³/mol. The van der Waals surface area contributed by atoms with Gasteiger partial charge in [0.05, 0.1) is 24.1 Å². The quantitative estimate of drug-likeness (QED) is 0.473. The average Bonchev–Trinajstić information content (AvgIpc) is 2.81. The van der Waals surface area contributed by atoms with Gasteiger partial charge in [-0.2, -0.15) is 0 Å². The molecule has 2 aromatic carbocycles. The highest BCUT2D eigenvalue weighted by molar-refractivity contribution is 5.93. The Balaban J connectivity index is 1.53. The number of nitrogens with one attached hydrogen (secondary N) is 2. The van der Waals surface area contributed by atoms with Crippen molar-refractivity contribution in [2.45, 2.75) is 32.7 Å². The molecule has 1 unspecified atom stereocenters. The first-order chi connectivity index (χ1) is 15.6. The fourth-order valence-corrected chi connectivity index (χ4v) is 4.21. The van der Waals surface area contributed by atoms with Crippen LogP contribution >= 0.6 is 0 Å². The maximum atomic E-state index is 11.5. The summed E-state index contributed by atoms with van der Waals surface area (Å²) in [5.74, 6) is -0.0458. The topological polar surface area (TPSA) is 83.5 Å². The molecule has 0 saturated carbocycles. The van der Waals surface area contributed by atoms with Gasteiger partial charge in [-0.3, -0.25) is 4.98 Å². The standard InChI is InChI=1S/C26H29N3O3/c1-3-12-32-20-5-7-21(17(2)13-20)18-4-6-22-19(14-18)8-11-28-25(22)16-29-24-15-27-10-9-23(24)26(30)31/h4-7,9-10,13-15,25,28-29H,3,8,11-12,16H2,1-2H3,(H,30,31). The molecule has 3 aromatic rings. The smallest absolute Gasteiger partial charge is 0.337 e. The third-order valence-corrected chi connectivity index (χ3v) is 5.83. The molecule has 0 saturated heterocycles. The Morgan fingerprint density at radius 3 is 2.91 bits per heavy atom. The summed E-state index contributed by atoms with van der Waals surface area (Å²) < 4.78 is 5.76. The summed E-state index contributed by atoms with van der Waals surface area (Å²) in [5.41, 5.74) is 6.95. The van der Waals surface area contributed by atoms with Crippen molar-refractivity contribution in [3.8, 4) is 16.9 Å². The van der Waals surface area contributed by atoms with Crippen LogP contribution in [-0.4, -0.2) is 35.8 Å². The highest BCUT2D eigenvalue weighted by atomic mass is 16.5. The molecule has 4 rings (SSSR count). The zero-order valence-electron chi connectivity index (χ0n) is 18.5. The van der Waals surface area contributed by atoms with Crippen molar-refractivity contribution >= 4 is 11.7 Å². The van der Waals surface area contributed by atoms with E-state index in [1.807, 2.05) is 6.07 Å².